The van der Waals surface area contributed by atoms with Gasteiger partial charge in [-0.15, -0.1) is 0 Å². The van der Waals surface area contributed by atoms with Crippen molar-refractivity contribution in [1.82, 2.24) is 0 Å². The van der Waals surface area contributed by atoms with Crippen molar-refractivity contribution in [2.45, 2.75) is 19.4 Å². The lowest BCUT2D eigenvalue weighted by Crippen LogP contribution is -2.45. The molecular weight excluding hydrogens is 250 g/mol. The van der Waals surface area contributed by atoms with Crippen LogP contribution in [0.4, 0.5) is 5.69 Å². The van der Waals surface area contributed by atoms with Crippen LogP contribution in [-0.4, -0.2) is 28.8 Å². The standard InChI is InChI=1S/C13H15NO3S/c1-8(7-18)12(15)14-10-5-3-2-4-9(10)6-11(14)13(16)17/h2-5,8,11,18H,6-7H2,1H3,(H,16,17)/t8-,11-/m1/s1. The van der Waals surface area contributed by atoms with Crippen molar-refractivity contribution in [2.24, 2.45) is 5.92 Å². The number of rotatable bonds is 3. The Bertz CT molecular complexity index is 489. The summed E-state index contributed by atoms with van der Waals surface area (Å²) >= 11 is 4.10. The Hall–Kier alpha value is -1.49. The van der Waals surface area contributed by atoms with Crippen molar-refractivity contribution in [3.05, 3.63) is 29.8 Å². The third-order valence-electron chi connectivity index (χ3n) is 3.19. The fourth-order valence-electron chi connectivity index (χ4n) is 2.17. The maximum Gasteiger partial charge on any atom is 0.327 e. The van der Waals surface area contributed by atoms with Crippen LogP contribution in [0.3, 0.4) is 0 Å². The van der Waals surface area contributed by atoms with Gasteiger partial charge in [-0.2, -0.15) is 12.6 Å². The van der Waals surface area contributed by atoms with E-state index >= 15 is 0 Å². The number of carbonyl (C=O) groups is 2. The zero-order valence-electron chi connectivity index (χ0n) is 10.0. The minimum atomic E-state index is -0.967. The van der Waals surface area contributed by atoms with Gasteiger partial charge in [-0.1, -0.05) is 25.1 Å². The van der Waals surface area contributed by atoms with Crippen LogP contribution in [0.25, 0.3) is 0 Å². The summed E-state index contributed by atoms with van der Waals surface area (Å²) in [6.07, 6.45) is 0.372. The summed E-state index contributed by atoms with van der Waals surface area (Å²) in [7, 11) is 0. The molecule has 0 aliphatic carbocycles. The molecule has 96 valence electrons. The summed E-state index contributed by atoms with van der Waals surface area (Å²) in [5.74, 6) is -1.03. The number of hydrogen-bond acceptors (Lipinski definition) is 3. The lowest BCUT2D eigenvalue weighted by atomic mass is 10.1. The van der Waals surface area contributed by atoms with Crippen molar-refractivity contribution in [2.75, 3.05) is 10.7 Å². The SMILES string of the molecule is C[C@H](CS)C(=O)N1c2ccccc2C[C@@H]1C(=O)O. The Kier molecular flexibility index (Phi) is 3.61. The average molecular weight is 265 g/mol. The third kappa shape index (κ3) is 2.10. The number of nitrogens with zero attached hydrogens (tertiary/aromatic N) is 1. The smallest absolute Gasteiger partial charge is 0.327 e. The van der Waals surface area contributed by atoms with Crippen LogP contribution in [-0.2, 0) is 16.0 Å². The molecule has 1 aromatic rings. The normalized spacial score (nSPS) is 19.4. The molecule has 0 bridgehead atoms. The second-order valence-corrected chi connectivity index (χ2v) is 4.84. The van der Waals surface area contributed by atoms with Gasteiger partial charge in [-0.3, -0.25) is 9.69 Å². The summed E-state index contributed by atoms with van der Waals surface area (Å²) in [4.78, 5) is 25.0. The number of amides is 1. The fourth-order valence-corrected chi connectivity index (χ4v) is 2.33. The second kappa shape index (κ2) is 5.02. The zero-order valence-corrected chi connectivity index (χ0v) is 10.9. The number of carboxylic acid groups (broad SMARTS) is 1. The number of carbonyl (C=O) groups excluding carboxylic acids is 1. The number of anilines is 1. The average Bonchev–Trinajstić information content (AvgIpc) is 2.76. The van der Waals surface area contributed by atoms with E-state index in [0.29, 0.717) is 17.9 Å². The van der Waals surface area contributed by atoms with Gasteiger partial charge in [-0.05, 0) is 11.6 Å². The van der Waals surface area contributed by atoms with E-state index in [9.17, 15) is 14.7 Å². The molecule has 18 heavy (non-hydrogen) atoms. The maximum atomic E-state index is 12.3. The van der Waals surface area contributed by atoms with E-state index in [1.165, 1.54) is 4.90 Å². The topological polar surface area (TPSA) is 57.6 Å². The molecule has 1 N–H and O–H groups in total. The first-order valence-corrected chi connectivity index (χ1v) is 6.44. The fraction of sp³-hybridized carbons (Fsp3) is 0.385. The van der Waals surface area contributed by atoms with Crippen molar-refractivity contribution in [1.29, 1.82) is 0 Å². The molecule has 5 heteroatoms. The summed E-state index contributed by atoms with van der Waals surface area (Å²) in [6, 6.07) is 6.53. The molecule has 0 saturated heterocycles. The molecule has 1 amide bonds. The highest BCUT2D eigenvalue weighted by molar-refractivity contribution is 7.80. The van der Waals surface area contributed by atoms with Gasteiger partial charge in [0, 0.05) is 23.8 Å². The van der Waals surface area contributed by atoms with Crippen LogP contribution < -0.4 is 4.90 Å². The molecule has 0 fully saturated rings. The van der Waals surface area contributed by atoms with Gasteiger partial charge in [-0.25, -0.2) is 4.79 Å². The second-order valence-electron chi connectivity index (χ2n) is 4.48. The van der Waals surface area contributed by atoms with Crippen LogP contribution in [0, 0.1) is 5.92 Å². The molecule has 0 unspecified atom stereocenters. The Labute approximate surface area is 111 Å². The number of hydrogen-bond donors (Lipinski definition) is 2. The summed E-state index contributed by atoms with van der Waals surface area (Å²) in [6.45, 7) is 1.76. The van der Waals surface area contributed by atoms with E-state index in [1.807, 2.05) is 18.2 Å². The number of fused-ring (bicyclic) bond motifs is 1. The third-order valence-corrected chi connectivity index (χ3v) is 3.74. The molecular formula is C13H15NO3S. The monoisotopic (exact) mass is 265 g/mol. The van der Waals surface area contributed by atoms with Gasteiger partial charge in [0.05, 0.1) is 0 Å². The Morgan fingerprint density at radius 3 is 2.78 bits per heavy atom. The quantitative estimate of drug-likeness (QED) is 0.816. The van der Waals surface area contributed by atoms with Gasteiger partial charge in [0.25, 0.3) is 0 Å². The van der Waals surface area contributed by atoms with Crippen LogP contribution in [0.15, 0.2) is 24.3 Å². The van der Waals surface area contributed by atoms with Crippen LogP contribution in [0.1, 0.15) is 12.5 Å². The summed E-state index contributed by atoms with van der Waals surface area (Å²) in [5.41, 5.74) is 1.62. The van der Waals surface area contributed by atoms with E-state index < -0.39 is 12.0 Å². The first kappa shape index (κ1) is 13.0. The summed E-state index contributed by atoms with van der Waals surface area (Å²) < 4.78 is 0. The van der Waals surface area contributed by atoms with E-state index in [4.69, 9.17) is 0 Å². The molecule has 1 heterocycles. The molecule has 1 aromatic carbocycles. The Morgan fingerprint density at radius 1 is 1.50 bits per heavy atom. The zero-order chi connectivity index (χ0) is 13.3. The number of para-hydroxylation sites is 1. The predicted octanol–water partition coefficient (Wildman–Crippen LogP) is 1.59. The highest BCUT2D eigenvalue weighted by atomic mass is 32.1. The predicted molar refractivity (Wildman–Crippen MR) is 72.1 cm³/mol. The highest BCUT2D eigenvalue weighted by Gasteiger charge is 2.39. The first-order chi connectivity index (χ1) is 8.56. The molecule has 0 spiro atoms. The lowest BCUT2D eigenvalue weighted by Gasteiger charge is -2.25. The molecule has 1 aliphatic heterocycles. The Balaban J connectivity index is 2.40. The largest absolute Gasteiger partial charge is 0.480 e. The summed E-state index contributed by atoms with van der Waals surface area (Å²) in [5, 5.41) is 9.25. The maximum absolute atomic E-state index is 12.3. The minimum Gasteiger partial charge on any atom is -0.480 e. The number of carboxylic acids is 1. The number of benzene rings is 1. The van der Waals surface area contributed by atoms with Gasteiger partial charge < -0.3 is 5.11 Å². The first-order valence-electron chi connectivity index (χ1n) is 5.81. The lowest BCUT2D eigenvalue weighted by molar-refractivity contribution is -0.140. The minimum absolute atomic E-state index is 0.178. The van der Waals surface area contributed by atoms with Gasteiger partial charge >= 0.3 is 5.97 Å². The number of thiol groups is 1. The van der Waals surface area contributed by atoms with Crippen LogP contribution in [0.2, 0.25) is 0 Å². The van der Waals surface area contributed by atoms with Crippen molar-refractivity contribution in [3.63, 3.8) is 0 Å². The van der Waals surface area contributed by atoms with Gasteiger partial charge in [0.1, 0.15) is 6.04 Å². The van der Waals surface area contributed by atoms with E-state index in [0.717, 1.165) is 5.56 Å². The van der Waals surface area contributed by atoms with E-state index in [-0.39, 0.29) is 11.8 Å². The molecule has 1 aliphatic rings. The highest BCUT2D eigenvalue weighted by Crippen LogP contribution is 2.33. The Morgan fingerprint density at radius 2 is 2.17 bits per heavy atom. The van der Waals surface area contributed by atoms with Gasteiger partial charge in [0.15, 0.2) is 0 Å². The molecule has 2 atom stereocenters. The van der Waals surface area contributed by atoms with Crippen molar-refractivity contribution in [3.8, 4) is 0 Å². The molecule has 2 rings (SSSR count). The van der Waals surface area contributed by atoms with Crippen LogP contribution in [0.5, 0.6) is 0 Å². The van der Waals surface area contributed by atoms with Crippen molar-refractivity contribution < 1.29 is 14.7 Å². The molecule has 4 nitrogen and oxygen atoms in total. The van der Waals surface area contributed by atoms with E-state index in [2.05, 4.69) is 12.6 Å². The molecule has 0 radical (unpaired) electrons. The van der Waals surface area contributed by atoms with Gasteiger partial charge in [0.2, 0.25) is 5.91 Å². The molecule has 0 saturated carbocycles. The number of aliphatic carboxylic acids is 1. The van der Waals surface area contributed by atoms with Crippen LogP contribution >= 0.6 is 12.6 Å². The molecule has 0 aromatic heterocycles. The van der Waals surface area contributed by atoms with Crippen molar-refractivity contribution >= 4 is 30.2 Å². The van der Waals surface area contributed by atoms with E-state index in [1.54, 1.807) is 13.0 Å².